The second-order valence-electron chi connectivity index (χ2n) is 6.82. The Morgan fingerprint density at radius 3 is 2.56 bits per heavy atom. The first-order valence-corrected chi connectivity index (χ1v) is 9.24. The maximum absolute atomic E-state index is 5.86. The summed E-state index contributed by atoms with van der Waals surface area (Å²) in [6.45, 7) is 3.24. The first kappa shape index (κ1) is 19.5. The Balaban J connectivity index is 1.83. The summed E-state index contributed by atoms with van der Waals surface area (Å²) < 4.78 is 24.3. The van der Waals surface area contributed by atoms with Crippen LogP contribution in [0.3, 0.4) is 0 Å². The molecule has 2 aromatic rings. The van der Waals surface area contributed by atoms with Crippen molar-refractivity contribution in [2.45, 2.75) is 32.0 Å². The Bertz CT molecular complexity index is 741. The number of methoxy groups -OCH3 is 3. The van der Waals surface area contributed by atoms with Crippen LogP contribution in [0.4, 0.5) is 0 Å². The van der Waals surface area contributed by atoms with Crippen LogP contribution in [-0.2, 0) is 24.9 Å². The van der Waals surface area contributed by atoms with E-state index in [1.807, 2.05) is 36.3 Å². The minimum Gasteiger partial charge on any atom is -0.493 e. The Labute approximate surface area is 160 Å². The number of hydrogen-bond acceptors (Lipinski definition) is 6. The number of nitrogens with zero attached hydrogens (tertiary/aromatic N) is 3. The smallest absolute Gasteiger partial charge is 0.203 e. The third-order valence-electron chi connectivity index (χ3n) is 4.83. The van der Waals surface area contributed by atoms with Gasteiger partial charge in [0, 0.05) is 50.6 Å². The molecule has 0 spiro atoms. The van der Waals surface area contributed by atoms with Gasteiger partial charge in [-0.2, -0.15) is 5.10 Å². The van der Waals surface area contributed by atoms with Crippen LogP contribution < -0.4 is 14.2 Å². The van der Waals surface area contributed by atoms with Crippen LogP contribution in [0.5, 0.6) is 17.2 Å². The van der Waals surface area contributed by atoms with E-state index in [1.165, 1.54) is 5.56 Å². The van der Waals surface area contributed by atoms with Crippen LogP contribution in [0.2, 0.25) is 0 Å². The number of hydrogen-bond donors (Lipinski definition) is 0. The Kier molecular flexibility index (Phi) is 6.58. The van der Waals surface area contributed by atoms with Crippen molar-refractivity contribution in [3.05, 3.63) is 35.7 Å². The normalized spacial score (nSPS) is 16.7. The molecule has 3 rings (SSSR count). The number of ether oxygens (including phenoxy) is 4. The van der Waals surface area contributed by atoms with Crippen molar-refractivity contribution in [1.29, 1.82) is 0 Å². The number of benzene rings is 1. The minimum absolute atomic E-state index is 0.271. The molecule has 1 unspecified atom stereocenters. The molecule has 1 aliphatic rings. The molecular formula is C20H29N3O4. The van der Waals surface area contributed by atoms with Crippen molar-refractivity contribution in [1.82, 2.24) is 14.7 Å². The van der Waals surface area contributed by atoms with Gasteiger partial charge in [-0.3, -0.25) is 9.58 Å². The van der Waals surface area contributed by atoms with Crippen LogP contribution in [0.1, 0.15) is 24.0 Å². The Morgan fingerprint density at radius 1 is 1.15 bits per heavy atom. The lowest BCUT2D eigenvalue weighted by molar-refractivity contribution is 0.0675. The predicted molar refractivity (Wildman–Crippen MR) is 102 cm³/mol. The Morgan fingerprint density at radius 2 is 1.96 bits per heavy atom. The second-order valence-corrected chi connectivity index (χ2v) is 6.82. The molecular weight excluding hydrogens is 346 g/mol. The highest BCUT2D eigenvalue weighted by atomic mass is 16.5. The summed E-state index contributed by atoms with van der Waals surface area (Å²) in [7, 11) is 6.85. The summed E-state index contributed by atoms with van der Waals surface area (Å²) in [5.74, 6) is 1.99. The summed E-state index contributed by atoms with van der Waals surface area (Å²) >= 11 is 0. The van der Waals surface area contributed by atoms with Crippen LogP contribution in [0.25, 0.3) is 0 Å². The average molecular weight is 375 g/mol. The molecule has 1 aromatic heterocycles. The van der Waals surface area contributed by atoms with Crippen molar-refractivity contribution in [3.8, 4) is 17.2 Å². The molecule has 0 bridgehead atoms. The lowest BCUT2D eigenvalue weighted by Crippen LogP contribution is -2.31. The number of aryl methyl sites for hydroxylation is 1. The van der Waals surface area contributed by atoms with E-state index in [0.29, 0.717) is 17.2 Å². The van der Waals surface area contributed by atoms with E-state index >= 15 is 0 Å². The highest BCUT2D eigenvalue weighted by Gasteiger charge is 2.23. The van der Waals surface area contributed by atoms with Gasteiger partial charge in [0.05, 0.1) is 33.6 Å². The minimum atomic E-state index is 0.271. The molecule has 0 aliphatic carbocycles. The fraction of sp³-hybridized carbons (Fsp3) is 0.550. The molecule has 1 atom stereocenters. The molecule has 7 nitrogen and oxygen atoms in total. The fourth-order valence-corrected chi connectivity index (χ4v) is 3.60. The lowest BCUT2D eigenvalue weighted by Gasteiger charge is -2.26. The molecule has 0 amide bonds. The van der Waals surface area contributed by atoms with E-state index in [9.17, 15) is 0 Å². The first-order valence-electron chi connectivity index (χ1n) is 9.24. The summed E-state index contributed by atoms with van der Waals surface area (Å²) in [4.78, 5) is 2.37. The zero-order valence-electron chi connectivity index (χ0n) is 16.6. The third kappa shape index (κ3) is 4.73. The highest BCUT2D eigenvalue weighted by Crippen LogP contribution is 2.40. The van der Waals surface area contributed by atoms with E-state index in [0.717, 1.165) is 44.6 Å². The van der Waals surface area contributed by atoms with Gasteiger partial charge in [0.1, 0.15) is 0 Å². The topological polar surface area (TPSA) is 58.0 Å². The van der Waals surface area contributed by atoms with E-state index in [2.05, 4.69) is 10.00 Å². The first-order chi connectivity index (χ1) is 13.1. The molecule has 1 aliphatic heterocycles. The van der Waals surface area contributed by atoms with Gasteiger partial charge in [-0.25, -0.2) is 0 Å². The monoisotopic (exact) mass is 375 g/mol. The summed E-state index contributed by atoms with van der Waals surface area (Å²) in [5.41, 5.74) is 2.23. The largest absolute Gasteiger partial charge is 0.493 e. The maximum atomic E-state index is 5.86. The fourth-order valence-electron chi connectivity index (χ4n) is 3.60. The number of aromatic nitrogens is 2. The molecule has 7 heteroatoms. The van der Waals surface area contributed by atoms with E-state index in [1.54, 1.807) is 21.3 Å². The molecule has 0 saturated carbocycles. The van der Waals surface area contributed by atoms with Crippen molar-refractivity contribution >= 4 is 0 Å². The van der Waals surface area contributed by atoms with Gasteiger partial charge >= 0.3 is 0 Å². The summed E-state index contributed by atoms with van der Waals surface area (Å²) in [6.07, 6.45) is 6.47. The highest BCUT2D eigenvalue weighted by molar-refractivity contribution is 5.55. The van der Waals surface area contributed by atoms with Crippen molar-refractivity contribution in [3.63, 3.8) is 0 Å². The lowest BCUT2D eigenvalue weighted by atomic mass is 10.1. The molecule has 1 saturated heterocycles. The van der Waals surface area contributed by atoms with E-state index in [4.69, 9.17) is 18.9 Å². The predicted octanol–water partition coefficient (Wildman–Crippen LogP) is 2.63. The molecule has 148 valence electrons. The third-order valence-corrected chi connectivity index (χ3v) is 4.83. The van der Waals surface area contributed by atoms with Gasteiger partial charge in [0.25, 0.3) is 0 Å². The SMILES string of the molecule is COc1ccc(CN(Cc2cnn(C)c2)CC2CCCO2)c(OC)c1OC. The molecule has 27 heavy (non-hydrogen) atoms. The van der Waals surface area contributed by atoms with Gasteiger partial charge in [-0.05, 0) is 18.9 Å². The van der Waals surface area contributed by atoms with Gasteiger partial charge in [-0.15, -0.1) is 0 Å². The van der Waals surface area contributed by atoms with Crippen molar-refractivity contribution < 1.29 is 18.9 Å². The van der Waals surface area contributed by atoms with Gasteiger partial charge in [0.2, 0.25) is 5.75 Å². The van der Waals surface area contributed by atoms with Crippen molar-refractivity contribution in [2.24, 2.45) is 7.05 Å². The molecule has 0 N–H and O–H groups in total. The summed E-state index contributed by atoms with van der Waals surface area (Å²) in [5, 5.41) is 4.29. The van der Waals surface area contributed by atoms with Crippen molar-refractivity contribution in [2.75, 3.05) is 34.5 Å². The zero-order valence-corrected chi connectivity index (χ0v) is 16.6. The van der Waals surface area contributed by atoms with E-state index < -0.39 is 0 Å². The Hall–Kier alpha value is -2.25. The zero-order chi connectivity index (χ0) is 19.2. The molecule has 2 heterocycles. The van der Waals surface area contributed by atoms with Crippen LogP contribution >= 0.6 is 0 Å². The average Bonchev–Trinajstić information content (AvgIpc) is 3.32. The van der Waals surface area contributed by atoms with Crippen LogP contribution in [0.15, 0.2) is 24.5 Å². The van der Waals surface area contributed by atoms with Gasteiger partial charge < -0.3 is 18.9 Å². The summed E-state index contributed by atoms with van der Waals surface area (Å²) in [6, 6.07) is 3.96. The molecule has 1 aromatic carbocycles. The second kappa shape index (κ2) is 9.10. The molecule has 0 radical (unpaired) electrons. The van der Waals surface area contributed by atoms with Gasteiger partial charge in [-0.1, -0.05) is 6.07 Å². The van der Waals surface area contributed by atoms with E-state index in [-0.39, 0.29) is 6.10 Å². The standard InChI is InChI=1S/C20H29N3O4/c1-22-11-15(10-21-22)12-23(14-17-6-5-9-27-17)13-16-7-8-18(24-2)20(26-4)19(16)25-3/h7-8,10-11,17H,5-6,9,12-14H2,1-4H3. The molecule has 1 fully saturated rings. The quantitative estimate of drug-likeness (QED) is 0.672. The van der Waals surface area contributed by atoms with Crippen LogP contribution in [-0.4, -0.2) is 55.3 Å². The maximum Gasteiger partial charge on any atom is 0.203 e. The number of rotatable bonds is 9. The van der Waals surface area contributed by atoms with Gasteiger partial charge in [0.15, 0.2) is 11.5 Å². The van der Waals surface area contributed by atoms with Crippen LogP contribution in [0, 0.1) is 0 Å².